The zero-order chi connectivity index (χ0) is 44.4. The SMILES string of the molecule is CCCCCCCCCCCCCCCCCC(=O)N[C@@H](CCC(=O)OC(=O)CC[C@H](N)C(=O)OC(=O)CCCCCCCCCCC)C(=O)OCC(O)CO.[Cl][Mg][Cl].[NaH].[NaH]. The molecule has 1 amide bonds. The maximum absolute atomic E-state index is 12.7. The number of carbonyl (C=O) groups is 6. The Labute approximate surface area is 429 Å². The van der Waals surface area contributed by atoms with Crippen LogP contribution in [0.15, 0.2) is 0 Å². The van der Waals surface area contributed by atoms with E-state index >= 15 is 0 Å². The number of aliphatic hydroxyl groups is 2. The minimum absolute atomic E-state index is 0. The molecule has 13 nitrogen and oxygen atoms in total. The van der Waals surface area contributed by atoms with Crippen LogP contribution in [0.3, 0.4) is 0 Å². The summed E-state index contributed by atoms with van der Waals surface area (Å²) in [4.78, 5) is 74.2. The van der Waals surface area contributed by atoms with E-state index in [0.29, 0.717) is 12.8 Å². The molecule has 0 rings (SSSR count). The molecule has 0 saturated carbocycles. The Hall–Kier alpha value is 0.446. The first-order valence-corrected chi connectivity index (χ1v) is 26.8. The minimum atomic E-state index is -1.31. The third kappa shape index (κ3) is 48.2. The zero-order valence-corrected chi connectivity index (χ0v) is 39.4. The number of halogens is 2. The van der Waals surface area contributed by atoms with Gasteiger partial charge in [0, 0.05) is 25.7 Å². The van der Waals surface area contributed by atoms with Crippen LogP contribution in [0, 0.1) is 0 Å². The average Bonchev–Trinajstić information content (AvgIpc) is 3.21. The number of unbranched alkanes of at least 4 members (excludes halogenated alkanes) is 22. The fraction of sp³-hybridized carbons (Fsp3) is 0.860. The molecule has 0 aliphatic heterocycles. The fourth-order valence-corrected chi connectivity index (χ4v) is 6.21. The van der Waals surface area contributed by atoms with Crippen LogP contribution in [-0.2, 0) is 43.0 Å². The second-order valence-corrected chi connectivity index (χ2v) is 17.9. The van der Waals surface area contributed by atoms with Crippen molar-refractivity contribution in [1.82, 2.24) is 5.32 Å². The van der Waals surface area contributed by atoms with Crippen molar-refractivity contribution in [3.05, 3.63) is 0 Å². The first-order chi connectivity index (χ1) is 28.4. The fourth-order valence-electron chi connectivity index (χ4n) is 6.21. The summed E-state index contributed by atoms with van der Waals surface area (Å²) in [7, 11) is 9.81. The Morgan fingerprint density at radius 2 is 0.918 bits per heavy atom. The van der Waals surface area contributed by atoms with Gasteiger partial charge in [-0.15, -0.1) is 0 Å². The molecular weight excluding hydrogens is 862 g/mol. The van der Waals surface area contributed by atoms with E-state index in [1.165, 1.54) is 103 Å². The van der Waals surface area contributed by atoms with Gasteiger partial charge in [0.1, 0.15) is 24.8 Å². The van der Waals surface area contributed by atoms with Gasteiger partial charge in [-0.2, -0.15) is 0 Å². The van der Waals surface area contributed by atoms with E-state index in [-0.39, 0.29) is 84.8 Å². The molecule has 0 aromatic carbocycles. The number of nitrogens with two attached hydrogens (primary N) is 1. The third-order valence-electron chi connectivity index (χ3n) is 9.78. The number of rotatable bonds is 38. The Kier molecular flexibility index (Phi) is 57.4. The van der Waals surface area contributed by atoms with Crippen LogP contribution in [0.25, 0.3) is 0 Å². The van der Waals surface area contributed by atoms with Crippen LogP contribution in [0.2, 0.25) is 0 Å². The van der Waals surface area contributed by atoms with Gasteiger partial charge in [-0.05, 0) is 25.7 Å². The molecular formula is C43H80Cl2MgN2Na2O11. The van der Waals surface area contributed by atoms with Crippen LogP contribution in [0.5, 0.6) is 0 Å². The second-order valence-electron chi connectivity index (χ2n) is 15.3. The topological polar surface area (TPSA) is 209 Å². The second kappa shape index (κ2) is 51.4. The zero-order valence-electron chi connectivity index (χ0n) is 36.5. The molecule has 0 aliphatic carbocycles. The van der Waals surface area contributed by atoms with E-state index in [1.807, 2.05) is 0 Å². The predicted molar refractivity (Wildman–Crippen MR) is 248 cm³/mol. The summed E-state index contributed by atoms with van der Waals surface area (Å²) in [6, 6.07) is -2.51. The number of esters is 5. The monoisotopic (exact) mass is 940 g/mol. The Bertz CT molecular complexity index is 1100. The number of aliphatic hydroxyl groups excluding tert-OH is 2. The van der Waals surface area contributed by atoms with Crippen molar-refractivity contribution in [2.75, 3.05) is 13.2 Å². The maximum atomic E-state index is 12.7. The van der Waals surface area contributed by atoms with E-state index in [1.54, 1.807) is 0 Å². The van der Waals surface area contributed by atoms with Crippen LogP contribution in [0.4, 0.5) is 0 Å². The Morgan fingerprint density at radius 1 is 0.557 bits per heavy atom. The van der Waals surface area contributed by atoms with Crippen molar-refractivity contribution in [3.63, 3.8) is 0 Å². The number of ether oxygens (including phenoxy) is 3. The Balaban J connectivity index is -0.00000314. The standard InChI is InChI=1S/C43H78N2O11.2ClH.Mg.2Na.2H/c1-3-5-7-9-11-13-14-15-16-17-18-20-21-23-25-27-38(48)45-37(43(53)54-34-35(47)33-46)30-32-41(51)55-40(50)31-29-36(44)42(52)56-39(49)28-26-24-22-19-12-10-8-6-4-2;;;;;;;/h35-37,46-47H,3-34,44H2,1-2H3,(H,45,48);2*1H;;;;;/q;;;+2;;;;/p-2/t35?,36-,37-;;;;;;;/m0......./s1. The summed E-state index contributed by atoms with van der Waals surface area (Å²) in [5, 5.41) is 21.2. The Morgan fingerprint density at radius 3 is 1.33 bits per heavy atom. The van der Waals surface area contributed by atoms with E-state index in [0.717, 1.165) is 38.5 Å². The average molecular weight is 942 g/mol. The summed E-state index contributed by atoms with van der Waals surface area (Å²) < 4.78 is 14.6. The first-order valence-electron chi connectivity index (χ1n) is 22.6. The molecule has 0 radical (unpaired) electrons. The number of amides is 1. The molecule has 0 spiro atoms. The van der Waals surface area contributed by atoms with Gasteiger partial charge in [0.05, 0.1) is 6.61 Å². The van der Waals surface area contributed by atoms with E-state index in [9.17, 15) is 33.9 Å². The molecule has 0 aromatic rings. The molecule has 18 heteroatoms. The summed E-state index contributed by atoms with van der Waals surface area (Å²) in [5.41, 5.74) is 5.78. The molecule has 1 unspecified atom stereocenters. The van der Waals surface area contributed by atoms with E-state index < -0.39 is 98.2 Å². The molecule has 0 aromatic heterocycles. The van der Waals surface area contributed by atoms with E-state index in [4.69, 9.17) is 43.2 Å². The molecule has 0 bridgehead atoms. The van der Waals surface area contributed by atoms with Gasteiger partial charge in [-0.1, -0.05) is 155 Å². The van der Waals surface area contributed by atoms with E-state index in [2.05, 4.69) is 19.2 Å². The van der Waals surface area contributed by atoms with Gasteiger partial charge in [-0.3, -0.25) is 19.2 Å². The first kappa shape index (κ1) is 68.0. The van der Waals surface area contributed by atoms with Gasteiger partial charge in [0.25, 0.3) is 0 Å². The normalized spacial score (nSPS) is 11.9. The number of hydrogen-bond donors (Lipinski definition) is 4. The van der Waals surface area contributed by atoms with Crippen LogP contribution >= 0.6 is 18.1 Å². The molecule has 0 aliphatic rings. The molecule has 0 fully saturated rings. The predicted octanol–water partition coefficient (Wildman–Crippen LogP) is 7.28. The number of nitrogens with one attached hydrogen (secondary N) is 1. The molecule has 0 heterocycles. The molecule has 0 saturated heterocycles. The molecule has 346 valence electrons. The van der Waals surface area contributed by atoms with Crippen molar-refractivity contribution >= 4 is 131 Å². The van der Waals surface area contributed by atoms with Gasteiger partial charge >= 0.3 is 107 Å². The quantitative estimate of drug-likeness (QED) is 0.0158. The summed E-state index contributed by atoms with van der Waals surface area (Å²) in [6.07, 6.45) is 25.3. The summed E-state index contributed by atoms with van der Waals surface area (Å²) >= 11 is -0.639. The summed E-state index contributed by atoms with van der Waals surface area (Å²) in [6.45, 7) is 3.28. The van der Waals surface area contributed by atoms with Crippen molar-refractivity contribution < 1.29 is 53.2 Å². The molecule has 3 atom stereocenters. The van der Waals surface area contributed by atoms with Gasteiger partial charge in [-0.25, -0.2) is 9.59 Å². The van der Waals surface area contributed by atoms with Crippen molar-refractivity contribution in [3.8, 4) is 0 Å². The van der Waals surface area contributed by atoms with Crippen molar-refractivity contribution in [1.29, 1.82) is 0 Å². The number of carbonyl (C=O) groups excluding carboxylic acids is 6. The van der Waals surface area contributed by atoms with Crippen molar-refractivity contribution in [2.45, 2.75) is 225 Å². The van der Waals surface area contributed by atoms with Crippen LogP contribution < -0.4 is 11.1 Å². The molecule has 5 N–H and O–H groups in total. The summed E-state index contributed by atoms with van der Waals surface area (Å²) in [5.74, 6) is -4.86. The third-order valence-corrected chi connectivity index (χ3v) is 9.78. The van der Waals surface area contributed by atoms with Gasteiger partial charge in [0.2, 0.25) is 5.91 Å². The van der Waals surface area contributed by atoms with Gasteiger partial charge < -0.3 is 53.6 Å². The van der Waals surface area contributed by atoms with Crippen molar-refractivity contribution in [2.24, 2.45) is 5.73 Å². The molecule has 61 heavy (non-hydrogen) atoms. The van der Waals surface area contributed by atoms with Crippen LogP contribution in [0.1, 0.15) is 206 Å². The van der Waals surface area contributed by atoms with Gasteiger partial charge in [0.15, 0.2) is 0 Å². The number of hydrogen-bond acceptors (Lipinski definition) is 12. The van der Waals surface area contributed by atoms with Crippen LogP contribution in [-0.4, -0.2) is 155 Å².